The van der Waals surface area contributed by atoms with Crippen LogP contribution in [-0.4, -0.2) is 72.5 Å². The van der Waals surface area contributed by atoms with Crippen molar-refractivity contribution in [1.82, 2.24) is 0 Å². The summed E-state index contributed by atoms with van der Waals surface area (Å²) in [6.45, 7) is 0.586. The smallest absolute Gasteiger partial charge is 0.270 e. The summed E-state index contributed by atoms with van der Waals surface area (Å²) in [6.07, 6.45) is -0.551. The Kier molecular flexibility index (Phi) is 10.2. The highest BCUT2D eigenvalue weighted by atomic mass is 16.6. The van der Waals surface area contributed by atoms with E-state index in [1.807, 2.05) is 0 Å². The lowest BCUT2D eigenvalue weighted by molar-refractivity contribution is -0.385. The Labute approximate surface area is 305 Å². The summed E-state index contributed by atoms with van der Waals surface area (Å²) in [5, 5.41) is 49.5. The molecule has 0 radical (unpaired) electrons. The molecule has 3 aliphatic rings. The summed E-state index contributed by atoms with van der Waals surface area (Å²) in [7, 11) is 0. The topological polar surface area (TPSA) is 228 Å². The van der Waals surface area contributed by atoms with Crippen molar-refractivity contribution < 1.29 is 48.1 Å². The molecule has 7 rings (SSSR count). The van der Waals surface area contributed by atoms with Crippen LogP contribution >= 0.6 is 0 Å². The molecule has 280 valence electrons. The Hall–Kier alpha value is -6.40. The van der Waals surface area contributed by atoms with Gasteiger partial charge in [-0.15, -0.1) is 0 Å². The van der Waals surface area contributed by atoms with Gasteiger partial charge in [0.25, 0.3) is 22.7 Å². The monoisotopic (exact) mass is 744 g/mol. The minimum atomic E-state index is -0.579. The normalized spacial score (nSPS) is 15.6. The SMILES string of the molecule is O=[N+]([O-])c1cc2c3c(c1)Cc1cc([N+](=O)[O-])cc4c1OCCOCCOc1c(cc([N+](=O)[O-])cc1Cc1cc([N+](=O)[O-])cc(c1OCCOCCO3)C2)C4. The molecule has 4 aromatic rings. The van der Waals surface area contributed by atoms with Crippen LogP contribution in [0.3, 0.4) is 0 Å². The first-order valence-electron chi connectivity index (χ1n) is 16.9. The van der Waals surface area contributed by atoms with Gasteiger partial charge in [0, 0.05) is 119 Å². The van der Waals surface area contributed by atoms with Crippen LogP contribution in [0.2, 0.25) is 0 Å². The predicted molar refractivity (Wildman–Crippen MR) is 187 cm³/mol. The molecule has 0 saturated carbocycles. The van der Waals surface area contributed by atoms with Crippen LogP contribution in [0, 0.1) is 40.5 Å². The summed E-state index contributed by atoms with van der Waals surface area (Å²) < 4.78 is 36.5. The predicted octanol–water partition coefficient (Wildman–Crippen LogP) is 5.57. The van der Waals surface area contributed by atoms with E-state index < -0.39 is 19.7 Å². The van der Waals surface area contributed by atoms with Crippen molar-refractivity contribution in [2.24, 2.45) is 0 Å². The largest absolute Gasteiger partial charge is 0.491 e. The highest BCUT2D eigenvalue weighted by molar-refractivity contribution is 5.62. The Bertz CT molecular complexity index is 1890. The highest BCUT2D eigenvalue weighted by Crippen LogP contribution is 2.43. The third kappa shape index (κ3) is 7.55. The zero-order valence-corrected chi connectivity index (χ0v) is 28.6. The molecule has 2 aliphatic heterocycles. The van der Waals surface area contributed by atoms with E-state index in [2.05, 4.69) is 0 Å². The number of hydrogen-bond acceptors (Lipinski definition) is 14. The average Bonchev–Trinajstić information content (AvgIpc) is 3.11. The molecule has 0 aromatic heterocycles. The van der Waals surface area contributed by atoms with Crippen LogP contribution in [0.1, 0.15) is 44.5 Å². The fraction of sp³-hybridized carbons (Fsp3) is 0.333. The van der Waals surface area contributed by atoms with Crippen molar-refractivity contribution in [1.29, 1.82) is 0 Å². The van der Waals surface area contributed by atoms with Crippen LogP contribution in [0.25, 0.3) is 0 Å². The molecule has 12 bridgehead atoms. The molecule has 0 unspecified atom stereocenters. The van der Waals surface area contributed by atoms with E-state index >= 15 is 0 Å². The molecule has 4 aromatic carbocycles. The first kappa shape index (κ1) is 36.0. The maximum absolute atomic E-state index is 12.4. The number of nitro groups is 4. The molecule has 2 heterocycles. The first-order chi connectivity index (χ1) is 26.0. The maximum Gasteiger partial charge on any atom is 0.270 e. The van der Waals surface area contributed by atoms with Crippen LogP contribution in [0.5, 0.6) is 23.0 Å². The Morgan fingerprint density at radius 2 is 0.519 bits per heavy atom. The quantitative estimate of drug-likeness (QED) is 0.162. The van der Waals surface area contributed by atoms with Crippen LogP contribution in [0.4, 0.5) is 22.7 Å². The zero-order chi connectivity index (χ0) is 37.9. The van der Waals surface area contributed by atoms with Gasteiger partial charge >= 0.3 is 0 Å². The van der Waals surface area contributed by atoms with Gasteiger partial charge in [0.1, 0.15) is 49.4 Å². The second kappa shape index (κ2) is 15.3. The van der Waals surface area contributed by atoms with E-state index in [1.165, 1.54) is 48.5 Å². The molecule has 0 fully saturated rings. The number of non-ortho nitro benzene ring substituents is 4. The Morgan fingerprint density at radius 1 is 0.333 bits per heavy atom. The molecule has 18 nitrogen and oxygen atoms in total. The number of ether oxygens (including phenoxy) is 6. The minimum Gasteiger partial charge on any atom is -0.491 e. The summed E-state index contributed by atoms with van der Waals surface area (Å²) >= 11 is 0. The third-order valence-electron chi connectivity index (χ3n) is 9.17. The number of nitro benzene ring substituents is 4. The van der Waals surface area contributed by atoms with E-state index in [4.69, 9.17) is 28.4 Å². The number of rotatable bonds is 4. The summed E-state index contributed by atoms with van der Waals surface area (Å²) in [5.41, 5.74) is 1.07. The second-order valence-electron chi connectivity index (χ2n) is 12.7. The molecule has 0 spiro atoms. The van der Waals surface area contributed by atoms with Gasteiger partial charge in [0.2, 0.25) is 0 Å². The van der Waals surface area contributed by atoms with Crippen LogP contribution in [-0.2, 0) is 35.2 Å². The van der Waals surface area contributed by atoms with Crippen molar-refractivity contribution in [2.75, 3.05) is 52.9 Å². The molecule has 18 heteroatoms. The molecular formula is C36H32N4O14. The van der Waals surface area contributed by atoms with E-state index in [0.29, 0.717) is 22.3 Å². The summed E-state index contributed by atoms with van der Waals surface area (Å²) in [6, 6.07) is 10.5. The lowest BCUT2D eigenvalue weighted by Gasteiger charge is -2.24. The fourth-order valence-electron chi connectivity index (χ4n) is 6.99. The average molecular weight is 745 g/mol. The van der Waals surface area contributed by atoms with Crippen molar-refractivity contribution in [3.63, 3.8) is 0 Å². The van der Waals surface area contributed by atoms with Crippen LogP contribution < -0.4 is 18.9 Å². The molecule has 0 atom stereocenters. The number of benzene rings is 4. The number of nitrogens with zero attached hydrogens (tertiary/aromatic N) is 4. The minimum absolute atomic E-state index is 0.0297. The third-order valence-corrected chi connectivity index (χ3v) is 9.17. The highest BCUT2D eigenvalue weighted by Gasteiger charge is 2.29. The van der Waals surface area contributed by atoms with Crippen molar-refractivity contribution >= 4 is 22.7 Å². The van der Waals surface area contributed by atoms with Crippen molar-refractivity contribution in [3.05, 3.63) is 133 Å². The Morgan fingerprint density at radius 3 is 0.685 bits per heavy atom. The molecule has 54 heavy (non-hydrogen) atoms. The molecule has 1 aliphatic carbocycles. The van der Waals surface area contributed by atoms with Gasteiger partial charge in [-0.05, 0) is 0 Å². The van der Waals surface area contributed by atoms with E-state index in [9.17, 15) is 40.5 Å². The standard InChI is InChI=1S/C36H32N4O14/c41-37(42)29-13-21-9-22-14-30(38(43)44)19-27-12-28-20-32(40(47)48)16-24-10-23-15-31(39(45)46)18-26(35(23)53-7-3-50-4-8-54-36(24)28)11-25(17-29)33(21)51-5-1-49-2-6-52-34(22)27/h13-20H,1-12H2. The summed E-state index contributed by atoms with van der Waals surface area (Å²) in [5.74, 6) is 0.904. The van der Waals surface area contributed by atoms with Gasteiger partial charge < -0.3 is 28.4 Å². The van der Waals surface area contributed by atoms with Gasteiger partial charge in [-0.1, -0.05) is 0 Å². The van der Waals surface area contributed by atoms with Crippen molar-refractivity contribution in [2.45, 2.75) is 25.7 Å². The number of hydrogen-bond donors (Lipinski definition) is 0. The van der Waals surface area contributed by atoms with Gasteiger partial charge in [0.05, 0.1) is 46.1 Å². The van der Waals surface area contributed by atoms with E-state index in [-0.39, 0.29) is 147 Å². The lowest BCUT2D eigenvalue weighted by Crippen LogP contribution is -2.18. The van der Waals surface area contributed by atoms with E-state index in [0.717, 1.165) is 0 Å². The Balaban J connectivity index is 1.60. The molecule has 0 saturated heterocycles. The van der Waals surface area contributed by atoms with Crippen molar-refractivity contribution in [3.8, 4) is 23.0 Å². The second-order valence-corrected chi connectivity index (χ2v) is 12.7. The molecular weight excluding hydrogens is 712 g/mol. The van der Waals surface area contributed by atoms with Crippen LogP contribution in [0.15, 0.2) is 48.5 Å². The molecule has 0 N–H and O–H groups in total. The van der Waals surface area contributed by atoms with E-state index in [1.54, 1.807) is 0 Å². The maximum atomic E-state index is 12.4. The van der Waals surface area contributed by atoms with Gasteiger partial charge in [-0.25, -0.2) is 0 Å². The lowest BCUT2D eigenvalue weighted by atomic mass is 9.90. The van der Waals surface area contributed by atoms with Gasteiger partial charge in [0.15, 0.2) is 0 Å². The first-order valence-corrected chi connectivity index (χ1v) is 16.9. The van der Waals surface area contributed by atoms with Gasteiger partial charge in [-0.2, -0.15) is 0 Å². The van der Waals surface area contributed by atoms with Gasteiger partial charge in [-0.3, -0.25) is 40.5 Å². The zero-order valence-electron chi connectivity index (χ0n) is 28.6. The molecule has 0 amide bonds. The summed E-state index contributed by atoms with van der Waals surface area (Å²) in [4.78, 5) is 47.2. The fourth-order valence-corrected chi connectivity index (χ4v) is 6.99.